The van der Waals surface area contributed by atoms with Gasteiger partial charge in [-0.25, -0.2) is 0 Å². The molecule has 0 fully saturated rings. The van der Waals surface area contributed by atoms with Gasteiger partial charge in [-0.05, 0) is 94.4 Å². The Balaban J connectivity index is 1.04. The van der Waals surface area contributed by atoms with Crippen LogP contribution in [-0.4, -0.2) is 21.8 Å². The topological polar surface area (TPSA) is 14.8 Å². The molecule has 0 radical (unpaired) electrons. The van der Waals surface area contributed by atoms with E-state index >= 15 is 0 Å². The lowest BCUT2D eigenvalue weighted by atomic mass is 10.1. The summed E-state index contributed by atoms with van der Waals surface area (Å²) >= 11 is 0. The van der Waals surface area contributed by atoms with Crippen LogP contribution in [0.1, 0.15) is 5.56 Å². The van der Waals surface area contributed by atoms with Crippen molar-refractivity contribution in [1.82, 2.24) is 13.7 Å². The molecule has 0 bridgehead atoms. The highest BCUT2D eigenvalue weighted by Crippen LogP contribution is 2.41. The number of para-hydroxylation sites is 3. The fourth-order valence-electron chi connectivity index (χ4n) is 11.1. The molecule has 4 heteroatoms. The lowest BCUT2D eigenvalue weighted by Gasteiger charge is -2.34. The average Bonchev–Trinajstić information content (AvgIpc) is 4.01. The number of hydrogen-bond donors (Lipinski definition) is 0. The number of nitrogens with zero attached hydrogens (tertiary/aromatic N) is 3. The lowest BCUT2D eigenvalue weighted by molar-refractivity contribution is 1.16. The van der Waals surface area contributed by atoms with E-state index < -0.39 is 8.07 Å². The standard InChI is InChI=1S/C61H43N3Si/c1-42-32-39-57-53(40-42)50-25-12-14-27-54(50)63(57)44-35-38-51-49-24-11-15-28-55(49)64(60(51)41-44)59-31-17-30-58-61(59)52-26-13-16-29-56(52)62(58)43-33-36-48(37-34-43)65(45-18-5-2-6-19-45,46-20-7-3-8-21-46)47-22-9-4-10-23-47/h2-41H,1H3. The molecule has 3 nitrogen and oxygen atoms in total. The maximum Gasteiger partial charge on any atom is 0.179 e. The first-order valence-electron chi connectivity index (χ1n) is 22.5. The molecule has 10 aromatic carbocycles. The summed E-state index contributed by atoms with van der Waals surface area (Å²) in [4.78, 5) is 0. The molecule has 13 aromatic rings. The van der Waals surface area contributed by atoms with E-state index in [1.165, 1.54) is 97.4 Å². The van der Waals surface area contributed by atoms with Crippen molar-refractivity contribution in [2.75, 3.05) is 0 Å². The van der Waals surface area contributed by atoms with Gasteiger partial charge in [0.15, 0.2) is 8.07 Å². The van der Waals surface area contributed by atoms with Gasteiger partial charge in [0.2, 0.25) is 0 Å². The molecular weight excluding hydrogens is 803 g/mol. The van der Waals surface area contributed by atoms with E-state index in [0.29, 0.717) is 0 Å². The van der Waals surface area contributed by atoms with Crippen molar-refractivity contribution in [1.29, 1.82) is 0 Å². The Kier molecular flexibility index (Phi) is 8.45. The molecule has 0 aliphatic heterocycles. The Morgan fingerprint density at radius 3 is 1.35 bits per heavy atom. The van der Waals surface area contributed by atoms with Crippen molar-refractivity contribution in [3.8, 4) is 17.1 Å². The third-order valence-corrected chi connectivity index (χ3v) is 18.6. The molecule has 0 atom stereocenters. The third kappa shape index (κ3) is 5.54. The maximum absolute atomic E-state index is 2.69. The van der Waals surface area contributed by atoms with E-state index in [1.54, 1.807) is 0 Å². The van der Waals surface area contributed by atoms with Crippen LogP contribution in [0.25, 0.3) is 82.5 Å². The van der Waals surface area contributed by atoms with Crippen LogP contribution < -0.4 is 20.7 Å². The van der Waals surface area contributed by atoms with Gasteiger partial charge in [0, 0.05) is 43.7 Å². The van der Waals surface area contributed by atoms with Gasteiger partial charge >= 0.3 is 0 Å². The van der Waals surface area contributed by atoms with E-state index in [-0.39, 0.29) is 0 Å². The fraction of sp³-hybridized carbons (Fsp3) is 0.0164. The summed E-state index contributed by atoms with van der Waals surface area (Å²) in [6, 6.07) is 90.3. The normalized spacial score (nSPS) is 12.1. The molecule has 306 valence electrons. The van der Waals surface area contributed by atoms with Crippen molar-refractivity contribution in [3.05, 3.63) is 248 Å². The van der Waals surface area contributed by atoms with Crippen LogP contribution >= 0.6 is 0 Å². The second-order valence-corrected chi connectivity index (χ2v) is 21.2. The highest BCUT2D eigenvalue weighted by molar-refractivity contribution is 7.19. The molecule has 3 aromatic heterocycles. The molecule has 65 heavy (non-hydrogen) atoms. The molecule has 0 saturated heterocycles. The van der Waals surface area contributed by atoms with Crippen LogP contribution in [0.5, 0.6) is 0 Å². The van der Waals surface area contributed by atoms with Gasteiger partial charge in [0.25, 0.3) is 0 Å². The highest BCUT2D eigenvalue weighted by atomic mass is 28.3. The fourth-order valence-corrected chi connectivity index (χ4v) is 15.9. The molecule has 0 unspecified atom stereocenters. The molecule has 0 N–H and O–H groups in total. The number of hydrogen-bond acceptors (Lipinski definition) is 0. The Labute approximate surface area is 378 Å². The first-order valence-corrected chi connectivity index (χ1v) is 24.5. The molecule has 3 heterocycles. The van der Waals surface area contributed by atoms with Gasteiger partial charge < -0.3 is 13.7 Å². The predicted octanol–water partition coefficient (Wildman–Crippen LogP) is 12.7. The maximum atomic E-state index is 2.51. The van der Waals surface area contributed by atoms with Crippen molar-refractivity contribution in [3.63, 3.8) is 0 Å². The summed E-state index contributed by atoms with van der Waals surface area (Å²) in [5, 5.41) is 12.9. The number of aryl methyl sites for hydroxylation is 1. The summed E-state index contributed by atoms with van der Waals surface area (Å²) < 4.78 is 7.41. The quantitative estimate of drug-likeness (QED) is 0.112. The van der Waals surface area contributed by atoms with Crippen LogP contribution in [0.4, 0.5) is 0 Å². The van der Waals surface area contributed by atoms with Crippen molar-refractivity contribution in [2.45, 2.75) is 6.92 Å². The van der Waals surface area contributed by atoms with Gasteiger partial charge in [0.1, 0.15) is 0 Å². The zero-order valence-corrected chi connectivity index (χ0v) is 36.9. The van der Waals surface area contributed by atoms with E-state index in [2.05, 4.69) is 263 Å². The van der Waals surface area contributed by atoms with Gasteiger partial charge in [-0.15, -0.1) is 0 Å². The van der Waals surface area contributed by atoms with Crippen LogP contribution in [-0.2, 0) is 0 Å². The molecule has 0 aliphatic carbocycles. The molecule has 0 saturated carbocycles. The lowest BCUT2D eigenvalue weighted by Crippen LogP contribution is -2.74. The zero-order chi connectivity index (χ0) is 43.1. The monoisotopic (exact) mass is 845 g/mol. The minimum absolute atomic E-state index is 1.14. The largest absolute Gasteiger partial charge is 0.309 e. The van der Waals surface area contributed by atoms with Crippen molar-refractivity contribution in [2.24, 2.45) is 0 Å². The number of rotatable bonds is 7. The predicted molar refractivity (Wildman–Crippen MR) is 278 cm³/mol. The Hall–Kier alpha value is -8.18. The third-order valence-electron chi connectivity index (χ3n) is 13.8. The van der Waals surface area contributed by atoms with Gasteiger partial charge in [-0.1, -0.05) is 181 Å². The smallest absolute Gasteiger partial charge is 0.179 e. The number of benzene rings is 10. The second kappa shape index (κ2) is 14.7. The summed E-state index contributed by atoms with van der Waals surface area (Å²) in [5.41, 5.74) is 11.9. The van der Waals surface area contributed by atoms with Crippen LogP contribution in [0.3, 0.4) is 0 Å². The molecule has 0 spiro atoms. The number of fused-ring (bicyclic) bond motifs is 9. The van der Waals surface area contributed by atoms with Gasteiger partial charge in [-0.3, -0.25) is 0 Å². The minimum atomic E-state index is -2.69. The van der Waals surface area contributed by atoms with E-state index in [1.807, 2.05) is 0 Å². The molecule has 0 aliphatic rings. The summed E-state index contributed by atoms with van der Waals surface area (Å²) in [7, 11) is -2.69. The minimum Gasteiger partial charge on any atom is -0.309 e. The van der Waals surface area contributed by atoms with Crippen molar-refractivity contribution < 1.29 is 0 Å². The first kappa shape index (κ1) is 37.4. The summed E-state index contributed by atoms with van der Waals surface area (Å²) in [6.07, 6.45) is 0. The Morgan fingerprint density at radius 1 is 0.277 bits per heavy atom. The van der Waals surface area contributed by atoms with Crippen LogP contribution in [0, 0.1) is 6.92 Å². The SMILES string of the molecule is Cc1ccc2c(c1)c1ccccc1n2-c1ccc2c3ccccc3n(-c3cccc4c3c3ccccc3n4-c3ccc([Si](c4ccccc4)(c4ccccc4)c4ccccc4)cc3)c2c1. The van der Waals surface area contributed by atoms with Crippen LogP contribution in [0.15, 0.2) is 243 Å². The van der Waals surface area contributed by atoms with Crippen molar-refractivity contribution >= 4 is 94.2 Å². The van der Waals surface area contributed by atoms with Gasteiger partial charge in [0.05, 0.1) is 38.8 Å². The first-order chi connectivity index (χ1) is 32.2. The zero-order valence-electron chi connectivity index (χ0n) is 35.9. The number of aromatic nitrogens is 3. The molecule has 13 rings (SSSR count). The van der Waals surface area contributed by atoms with E-state index in [9.17, 15) is 0 Å². The average molecular weight is 846 g/mol. The van der Waals surface area contributed by atoms with Gasteiger partial charge in [-0.2, -0.15) is 0 Å². The molecule has 0 amide bonds. The summed E-state index contributed by atoms with van der Waals surface area (Å²) in [5.74, 6) is 0. The Bertz CT molecular complexity index is 3840. The summed E-state index contributed by atoms with van der Waals surface area (Å²) in [6.45, 7) is 2.18. The highest BCUT2D eigenvalue weighted by Gasteiger charge is 2.41. The van der Waals surface area contributed by atoms with Crippen LogP contribution in [0.2, 0.25) is 0 Å². The Morgan fingerprint density at radius 2 is 0.723 bits per heavy atom. The second-order valence-electron chi connectivity index (χ2n) is 17.3. The van der Waals surface area contributed by atoms with E-state index in [0.717, 1.165) is 11.4 Å². The molecular formula is C61H43N3Si. The van der Waals surface area contributed by atoms with E-state index in [4.69, 9.17) is 0 Å².